The van der Waals surface area contributed by atoms with Gasteiger partial charge in [-0.2, -0.15) is 0 Å². The normalized spacial score (nSPS) is 13.7. The minimum Gasteiger partial charge on any atom is -0.455 e. The molecule has 0 fully saturated rings. The van der Waals surface area contributed by atoms with E-state index in [0.717, 1.165) is 27.9 Å². The number of para-hydroxylation sites is 2. The van der Waals surface area contributed by atoms with Gasteiger partial charge >= 0.3 is 0 Å². The van der Waals surface area contributed by atoms with Gasteiger partial charge in [0.2, 0.25) is 0 Å². The highest BCUT2D eigenvalue weighted by Crippen LogP contribution is 2.52. The summed E-state index contributed by atoms with van der Waals surface area (Å²) in [5.74, 6) is 1.77. The largest absolute Gasteiger partial charge is 0.455 e. The van der Waals surface area contributed by atoms with Gasteiger partial charge in [-0.1, -0.05) is 172 Å². The lowest BCUT2D eigenvalue weighted by molar-refractivity contribution is 0.425. The van der Waals surface area contributed by atoms with E-state index in [1.807, 2.05) is 6.07 Å². The zero-order chi connectivity index (χ0) is 29.4. The highest BCUT2D eigenvalue weighted by atomic mass is 31.1. The van der Waals surface area contributed by atoms with Gasteiger partial charge in [0, 0.05) is 27.2 Å². The van der Waals surface area contributed by atoms with Crippen molar-refractivity contribution in [1.82, 2.24) is 0 Å². The summed E-state index contributed by atoms with van der Waals surface area (Å²) >= 11 is 0. The van der Waals surface area contributed by atoms with Gasteiger partial charge < -0.3 is 4.74 Å². The van der Waals surface area contributed by atoms with Gasteiger partial charge in [0.05, 0.1) is 1.37 Å². The lowest BCUT2D eigenvalue weighted by atomic mass is 9.76. The van der Waals surface area contributed by atoms with E-state index in [0.29, 0.717) is 6.04 Å². The standard InChI is InChI=1S/C39H32OP2/c1-39(2)33-25-15-27-35(41(29-17-7-3-8-18-29)30-19-9-4-10-20-30)37(33)40-38-34(39)26-16-28-36(38)42(31-21-11-5-12-22-31)32-23-13-6-14-24-32/h3-28H,1-2H3/i25D. The van der Waals surface area contributed by atoms with Gasteiger partial charge in [-0.25, -0.2) is 0 Å². The molecule has 7 rings (SSSR count). The maximum absolute atomic E-state index is 9.13. The number of ether oxygens (including phenoxy) is 1. The number of hydrogen-bond acceptors (Lipinski definition) is 1. The molecule has 0 bridgehead atoms. The third kappa shape index (κ3) is 4.78. The van der Waals surface area contributed by atoms with Crippen LogP contribution in [-0.2, 0) is 5.41 Å². The SMILES string of the molecule is [2H]c1ccc(P(c2ccccc2)c2ccccc2)c2c1C(C)(C)c1cccc(P(c3ccccc3)c3ccccc3)c1O2. The molecule has 1 aliphatic heterocycles. The van der Waals surface area contributed by atoms with E-state index in [-0.39, 0.29) is 0 Å². The van der Waals surface area contributed by atoms with Gasteiger partial charge in [0.25, 0.3) is 0 Å². The summed E-state index contributed by atoms with van der Waals surface area (Å²) in [4.78, 5) is 0. The molecule has 0 unspecified atom stereocenters. The molecule has 0 saturated heterocycles. The molecule has 0 saturated carbocycles. The summed E-state index contributed by atoms with van der Waals surface area (Å²) < 4.78 is 16.3. The fourth-order valence-electron chi connectivity index (χ4n) is 5.92. The molecule has 1 heterocycles. The predicted octanol–water partition coefficient (Wildman–Crippen LogP) is 7.63. The molecule has 0 atom stereocenters. The second-order valence-corrected chi connectivity index (χ2v) is 15.3. The third-order valence-corrected chi connectivity index (χ3v) is 12.9. The van der Waals surface area contributed by atoms with Crippen molar-refractivity contribution in [2.24, 2.45) is 0 Å². The summed E-state index contributed by atoms with van der Waals surface area (Å²) in [6.07, 6.45) is 0. The Hall–Kier alpha value is -4.02. The topological polar surface area (TPSA) is 9.23 Å². The average molecular weight is 580 g/mol. The van der Waals surface area contributed by atoms with Crippen LogP contribution in [0.15, 0.2) is 158 Å². The summed E-state index contributed by atoms with van der Waals surface area (Å²) in [5.41, 5.74) is 1.67. The van der Waals surface area contributed by atoms with Crippen molar-refractivity contribution < 1.29 is 6.11 Å². The molecule has 1 nitrogen and oxygen atoms in total. The third-order valence-electron chi connectivity index (χ3n) is 7.96. The molecule has 204 valence electrons. The number of rotatable bonds is 6. The summed E-state index contributed by atoms with van der Waals surface area (Å²) in [6.45, 7) is 4.50. The van der Waals surface area contributed by atoms with E-state index in [4.69, 9.17) is 6.11 Å². The zero-order valence-electron chi connectivity index (χ0n) is 24.7. The maximum atomic E-state index is 9.13. The molecule has 0 spiro atoms. The Balaban J connectivity index is 1.47. The van der Waals surface area contributed by atoms with Crippen LogP contribution in [0.25, 0.3) is 0 Å². The molecule has 6 aromatic rings. The van der Waals surface area contributed by atoms with Crippen molar-refractivity contribution in [3.05, 3.63) is 169 Å². The fourth-order valence-corrected chi connectivity index (χ4v) is 10.7. The molecule has 3 heteroatoms. The zero-order valence-corrected chi connectivity index (χ0v) is 25.5. The molecule has 42 heavy (non-hydrogen) atoms. The van der Waals surface area contributed by atoms with Crippen LogP contribution in [-0.4, -0.2) is 0 Å². The van der Waals surface area contributed by atoms with Crippen molar-refractivity contribution in [3.63, 3.8) is 0 Å². The predicted molar refractivity (Wildman–Crippen MR) is 182 cm³/mol. The molecule has 1 aliphatic rings. The highest BCUT2D eigenvalue weighted by Gasteiger charge is 2.39. The van der Waals surface area contributed by atoms with Crippen molar-refractivity contribution >= 4 is 47.7 Å². The van der Waals surface area contributed by atoms with Crippen LogP contribution in [0.4, 0.5) is 0 Å². The van der Waals surface area contributed by atoms with E-state index in [1.54, 1.807) is 0 Å². The number of fused-ring (bicyclic) bond motifs is 2. The molecule has 6 aromatic carbocycles. The monoisotopic (exact) mass is 579 g/mol. The lowest BCUT2D eigenvalue weighted by Crippen LogP contribution is -2.32. The van der Waals surface area contributed by atoms with Gasteiger partial charge in [-0.15, -0.1) is 0 Å². The van der Waals surface area contributed by atoms with E-state index >= 15 is 0 Å². The van der Waals surface area contributed by atoms with Crippen LogP contribution in [0.2, 0.25) is 0 Å². The molecule has 0 aliphatic carbocycles. The van der Waals surface area contributed by atoms with Crippen LogP contribution < -0.4 is 36.6 Å². The smallest absolute Gasteiger partial charge is 0.139 e. The van der Waals surface area contributed by atoms with Crippen molar-refractivity contribution in [3.8, 4) is 11.5 Å². The first-order valence-corrected chi connectivity index (χ1v) is 17.0. The Kier molecular flexibility index (Phi) is 6.93. The summed E-state index contributed by atoms with van der Waals surface area (Å²) in [7, 11) is -1.80. The maximum Gasteiger partial charge on any atom is 0.139 e. The van der Waals surface area contributed by atoms with E-state index in [1.165, 1.54) is 26.5 Å². The molecule has 0 amide bonds. The van der Waals surface area contributed by atoms with E-state index in [2.05, 4.69) is 159 Å². The lowest BCUT2D eigenvalue weighted by Gasteiger charge is -2.38. The molecule has 0 radical (unpaired) electrons. The first kappa shape index (κ1) is 25.7. The van der Waals surface area contributed by atoms with Crippen LogP contribution in [0.3, 0.4) is 0 Å². The summed E-state index contributed by atoms with van der Waals surface area (Å²) in [6, 6.07) is 54.3. The van der Waals surface area contributed by atoms with Crippen molar-refractivity contribution in [1.29, 1.82) is 0 Å². The molecular weight excluding hydrogens is 546 g/mol. The van der Waals surface area contributed by atoms with Gasteiger partial charge in [0.15, 0.2) is 0 Å². The van der Waals surface area contributed by atoms with Gasteiger partial charge in [-0.05, 0) is 37.1 Å². The first-order valence-electron chi connectivity index (χ1n) is 14.8. The van der Waals surface area contributed by atoms with Crippen LogP contribution in [0.1, 0.15) is 26.3 Å². The quantitative estimate of drug-likeness (QED) is 0.184. The second kappa shape index (κ2) is 11.3. The van der Waals surface area contributed by atoms with E-state index in [9.17, 15) is 0 Å². The Bertz CT molecular complexity index is 1800. The number of benzene rings is 6. The minimum atomic E-state index is -0.919. The molecular formula is C39H32OP2. The molecule has 0 N–H and O–H groups in total. The van der Waals surface area contributed by atoms with Crippen molar-refractivity contribution in [2.45, 2.75) is 19.3 Å². The fraction of sp³-hybridized carbons (Fsp3) is 0.0769. The number of hydrogen-bond donors (Lipinski definition) is 0. The van der Waals surface area contributed by atoms with Crippen LogP contribution >= 0.6 is 15.8 Å². The van der Waals surface area contributed by atoms with Gasteiger partial charge in [-0.3, -0.25) is 0 Å². The Morgan fingerprint density at radius 3 is 1.26 bits per heavy atom. The van der Waals surface area contributed by atoms with E-state index < -0.39 is 21.3 Å². The second-order valence-electron chi connectivity index (χ2n) is 11.0. The van der Waals surface area contributed by atoms with Crippen LogP contribution in [0.5, 0.6) is 11.5 Å². The van der Waals surface area contributed by atoms with Crippen LogP contribution in [0, 0.1) is 0 Å². The highest BCUT2D eigenvalue weighted by molar-refractivity contribution is 7.80. The molecule has 0 aromatic heterocycles. The Morgan fingerprint density at radius 1 is 0.452 bits per heavy atom. The average Bonchev–Trinajstić information content (AvgIpc) is 3.05. The van der Waals surface area contributed by atoms with Crippen molar-refractivity contribution in [2.75, 3.05) is 0 Å². The summed E-state index contributed by atoms with van der Waals surface area (Å²) in [5, 5.41) is 7.45. The minimum absolute atomic E-state index is 0.422. The Labute approximate surface area is 252 Å². The Morgan fingerprint density at radius 2 is 0.833 bits per heavy atom. The first-order chi connectivity index (χ1) is 21.0. The van der Waals surface area contributed by atoms with Gasteiger partial charge in [0.1, 0.15) is 11.5 Å².